The second-order valence-corrected chi connectivity index (χ2v) is 9.59. The van der Waals surface area contributed by atoms with Gasteiger partial charge in [-0.1, -0.05) is 6.07 Å². The van der Waals surface area contributed by atoms with Crippen LogP contribution in [-0.4, -0.2) is 69.8 Å². The molecule has 3 aliphatic heterocycles. The van der Waals surface area contributed by atoms with Crippen molar-refractivity contribution in [3.8, 4) is 0 Å². The minimum absolute atomic E-state index is 0.0661. The third-order valence-corrected chi connectivity index (χ3v) is 7.30. The Morgan fingerprint density at radius 2 is 1.97 bits per heavy atom. The fourth-order valence-electron chi connectivity index (χ4n) is 5.38. The van der Waals surface area contributed by atoms with Crippen molar-refractivity contribution in [3.63, 3.8) is 0 Å². The largest absolute Gasteiger partial charge is 0.350 e. The first-order chi connectivity index (χ1) is 16.0. The lowest BCUT2D eigenvalue weighted by molar-refractivity contribution is -0.136. The van der Waals surface area contributed by atoms with Gasteiger partial charge >= 0.3 is 0 Å². The summed E-state index contributed by atoms with van der Waals surface area (Å²) in [5.41, 5.74) is 3.38. The van der Waals surface area contributed by atoms with Crippen molar-refractivity contribution >= 4 is 17.6 Å². The highest BCUT2D eigenvalue weighted by atomic mass is 16.2. The number of aryl methyl sites for hydroxylation is 1. The van der Waals surface area contributed by atoms with E-state index in [-0.39, 0.29) is 23.7 Å². The van der Waals surface area contributed by atoms with Crippen LogP contribution in [0.25, 0.3) is 0 Å². The van der Waals surface area contributed by atoms with Crippen molar-refractivity contribution in [2.45, 2.75) is 51.5 Å². The maximum Gasteiger partial charge on any atom is 0.227 e. The molecule has 1 atom stereocenters. The quantitative estimate of drug-likeness (QED) is 0.714. The first-order valence-corrected chi connectivity index (χ1v) is 12.0. The van der Waals surface area contributed by atoms with E-state index in [2.05, 4.69) is 22.9 Å². The lowest BCUT2D eigenvalue weighted by Gasteiger charge is -2.34. The minimum atomic E-state index is -0.193. The Bertz CT molecular complexity index is 1030. The maximum atomic E-state index is 12.9. The van der Waals surface area contributed by atoms with Crippen LogP contribution >= 0.6 is 0 Å². The van der Waals surface area contributed by atoms with Crippen molar-refractivity contribution in [2.24, 2.45) is 5.92 Å². The van der Waals surface area contributed by atoms with Crippen LogP contribution in [0.2, 0.25) is 0 Å². The second kappa shape index (κ2) is 9.08. The molecule has 0 radical (unpaired) electrons. The molecule has 5 heterocycles. The zero-order valence-corrected chi connectivity index (χ0v) is 19.5. The van der Waals surface area contributed by atoms with Gasteiger partial charge in [0.1, 0.15) is 11.6 Å². The molecule has 0 bridgehead atoms. The number of amides is 2. The summed E-state index contributed by atoms with van der Waals surface area (Å²) < 4.78 is 0. The third-order valence-electron chi connectivity index (χ3n) is 7.30. The molecular formula is C25H32N6O2. The van der Waals surface area contributed by atoms with Crippen molar-refractivity contribution in [1.82, 2.24) is 24.8 Å². The molecule has 3 aliphatic rings. The summed E-state index contributed by atoms with van der Waals surface area (Å²) in [5, 5.41) is 0. The number of hydrogen-bond acceptors (Lipinski definition) is 6. The Labute approximate surface area is 195 Å². The Hall–Kier alpha value is -3.03. The molecule has 0 spiro atoms. The normalized spacial score (nSPS) is 21.5. The lowest BCUT2D eigenvalue weighted by atomic mass is 9.94. The lowest BCUT2D eigenvalue weighted by Crippen LogP contribution is -2.42. The molecule has 0 aromatic carbocycles. The van der Waals surface area contributed by atoms with Crippen LogP contribution in [0.1, 0.15) is 54.4 Å². The number of fused-ring (bicyclic) bond motifs is 1. The fraction of sp³-hybridized carbons (Fsp3) is 0.560. The van der Waals surface area contributed by atoms with E-state index in [9.17, 15) is 9.59 Å². The number of aromatic nitrogens is 3. The molecule has 2 aromatic rings. The van der Waals surface area contributed by atoms with Gasteiger partial charge in [-0.15, -0.1) is 0 Å². The summed E-state index contributed by atoms with van der Waals surface area (Å²) in [6, 6.07) is 6.03. The molecule has 5 rings (SSSR count). The molecular weight excluding hydrogens is 416 g/mol. The standard InChI is InChI=1S/C25H32N6O2/c1-17-21-7-5-11-31(16-20-6-3-4-10-26-20)24(21)28-23(27-17)18-8-12-30(13-9-18)25(33)19-14-22(32)29(2)15-19/h3-4,6,10,18-19H,5,7-9,11-16H2,1-2H3/t19-/m0/s1. The first kappa shape index (κ1) is 21.8. The van der Waals surface area contributed by atoms with E-state index in [0.717, 1.165) is 61.8 Å². The molecule has 2 fully saturated rings. The highest BCUT2D eigenvalue weighted by Crippen LogP contribution is 2.33. The number of nitrogens with zero attached hydrogens (tertiary/aromatic N) is 6. The fourth-order valence-corrected chi connectivity index (χ4v) is 5.38. The highest BCUT2D eigenvalue weighted by molar-refractivity contribution is 5.89. The SMILES string of the molecule is Cc1nc(C2CCN(C(=O)[C@H]3CC(=O)N(C)C3)CC2)nc2c1CCCN2Cc1ccccn1. The monoisotopic (exact) mass is 448 g/mol. The molecule has 0 N–H and O–H groups in total. The summed E-state index contributed by atoms with van der Waals surface area (Å²) in [6.45, 7) is 5.77. The molecule has 2 aromatic heterocycles. The smallest absolute Gasteiger partial charge is 0.227 e. The summed E-state index contributed by atoms with van der Waals surface area (Å²) >= 11 is 0. The predicted molar refractivity (Wildman–Crippen MR) is 125 cm³/mol. The van der Waals surface area contributed by atoms with Gasteiger partial charge in [-0.2, -0.15) is 0 Å². The van der Waals surface area contributed by atoms with Gasteiger partial charge in [-0.05, 0) is 44.7 Å². The summed E-state index contributed by atoms with van der Waals surface area (Å²) in [5.74, 6) is 2.21. The van der Waals surface area contributed by atoms with E-state index >= 15 is 0 Å². The van der Waals surface area contributed by atoms with Crippen LogP contribution in [0.15, 0.2) is 24.4 Å². The number of anilines is 1. The van der Waals surface area contributed by atoms with Gasteiger partial charge in [0.05, 0.1) is 18.2 Å². The van der Waals surface area contributed by atoms with Crippen molar-refractivity contribution < 1.29 is 9.59 Å². The average molecular weight is 449 g/mol. The van der Waals surface area contributed by atoms with Crippen molar-refractivity contribution in [2.75, 3.05) is 38.1 Å². The van der Waals surface area contributed by atoms with E-state index in [1.165, 1.54) is 5.56 Å². The molecule has 8 heteroatoms. The molecule has 2 saturated heterocycles. The zero-order chi connectivity index (χ0) is 22.9. The van der Waals surface area contributed by atoms with Crippen molar-refractivity contribution in [3.05, 3.63) is 47.2 Å². The van der Waals surface area contributed by atoms with Gasteiger partial charge in [-0.3, -0.25) is 14.6 Å². The Balaban J connectivity index is 1.29. The number of likely N-dealkylation sites (tertiary alicyclic amines) is 2. The van der Waals surface area contributed by atoms with Crippen LogP contribution in [0.4, 0.5) is 5.82 Å². The molecule has 2 amide bonds. The molecule has 33 heavy (non-hydrogen) atoms. The number of carbonyl (C=O) groups excluding carboxylic acids is 2. The Morgan fingerprint density at radius 3 is 2.67 bits per heavy atom. The van der Waals surface area contributed by atoms with Gasteiger partial charge in [-0.25, -0.2) is 9.97 Å². The average Bonchev–Trinajstić information content (AvgIpc) is 3.18. The summed E-state index contributed by atoms with van der Waals surface area (Å²) in [6.07, 6.45) is 6.02. The molecule has 0 unspecified atom stereocenters. The van der Waals surface area contributed by atoms with Gasteiger partial charge < -0.3 is 14.7 Å². The summed E-state index contributed by atoms with van der Waals surface area (Å²) in [4.78, 5) is 45.2. The molecule has 174 valence electrons. The van der Waals surface area contributed by atoms with Crippen LogP contribution in [-0.2, 0) is 22.6 Å². The van der Waals surface area contributed by atoms with E-state index in [1.54, 1.807) is 11.9 Å². The molecule has 0 aliphatic carbocycles. The number of piperidine rings is 1. The van der Waals surface area contributed by atoms with E-state index in [4.69, 9.17) is 9.97 Å². The van der Waals surface area contributed by atoms with Crippen LogP contribution in [0.5, 0.6) is 0 Å². The minimum Gasteiger partial charge on any atom is -0.350 e. The number of pyridine rings is 1. The van der Waals surface area contributed by atoms with Gasteiger partial charge in [0.2, 0.25) is 11.8 Å². The van der Waals surface area contributed by atoms with E-state index in [0.29, 0.717) is 26.1 Å². The number of carbonyl (C=O) groups is 2. The number of rotatable bonds is 4. The molecule has 8 nitrogen and oxygen atoms in total. The van der Waals surface area contributed by atoms with Gasteiger partial charge in [0.15, 0.2) is 0 Å². The molecule has 0 saturated carbocycles. The highest BCUT2D eigenvalue weighted by Gasteiger charge is 2.36. The number of hydrogen-bond donors (Lipinski definition) is 0. The Kier molecular flexibility index (Phi) is 6.00. The van der Waals surface area contributed by atoms with E-state index in [1.807, 2.05) is 23.2 Å². The zero-order valence-electron chi connectivity index (χ0n) is 19.5. The van der Waals surface area contributed by atoms with Crippen molar-refractivity contribution in [1.29, 1.82) is 0 Å². The Morgan fingerprint density at radius 1 is 1.15 bits per heavy atom. The third kappa shape index (κ3) is 4.43. The summed E-state index contributed by atoms with van der Waals surface area (Å²) in [7, 11) is 1.77. The van der Waals surface area contributed by atoms with Gasteiger partial charge in [0.25, 0.3) is 0 Å². The van der Waals surface area contributed by atoms with Crippen LogP contribution in [0, 0.1) is 12.8 Å². The van der Waals surface area contributed by atoms with Crippen LogP contribution in [0.3, 0.4) is 0 Å². The maximum absolute atomic E-state index is 12.9. The topological polar surface area (TPSA) is 82.5 Å². The van der Waals surface area contributed by atoms with Crippen LogP contribution < -0.4 is 4.90 Å². The van der Waals surface area contributed by atoms with E-state index < -0.39 is 0 Å². The first-order valence-electron chi connectivity index (χ1n) is 12.0. The van der Waals surface area contributed by atoms with Gasteiger partial charge in [0, 0.05) is 63.0 Å². The second-order valence-electron chi connectivity index (χ2n) is 9.59. The predicted octanol–water partition coefficient (Wildman–Crippen LogP) is 2.32.